The largest absolute Gasteiger partial charge is 0.472 e. The van der Waals surface area contributed by atoms with E-state index < -0.39 is 97.5 Å². The lowest BCUT2D eigenvalue weighted by molar-refractivity contribution is -0.161. The Labute approximate surface area is 605 Å². The molecule has 3 N–H and O–H groups in total. The Hall–Kier alpha value is -4.80. The predicted octanol–water partition coefficient (Wildman–Crippen LogP) is 22.1. The molecule has 0 amide bonds. The molecule has 0 rings (SSSR count). The van der Waals surface area contributed by atoms with E-state index in [0.717, 1.165) is 205 Å². The minimum absolute atomic E-state index is 0.0731. The number of aliphatic hydroxyl groups is 1. The lowest BCUT2D eigenvalue weighted by atomic mass is 10.1. The number of carbonyl (C=O) groups is 4. The summed E-state index contributed by atoms with van der Waals surface area (Å²) in [6, 6.07) is 0. The highest BCUT2D eigenvalue weighted by atomic mass is 31.2. The summed E-state index contributed by atoms with van der Waals surface area (Å²) in [5.41, 5.74) is 0. The molecule has 0 aliphatic rings. The van der Waals surface area contributed by atoms with Crippen molar-refractivity contribution in [1.29, 1.82) is 0 Å². The van der Waals surface area contributed by atoms with Crippen LogP contribution < -0.4 is 0 Å². The van der Waals surface area contributed by atoms with Gasteiger partial charge in [-0.15, -0.1) is 0 Å². The van der Waals surface area contributed by atoms with Gasteiger partial charge in [0.25, 0.3) is 0 Å². The molecule has 0 heterocycles. The van der Waals surface area contributed by atoms with Crippen molar-refractivity contribution in [1.82, 2.24) is 0 Å². The molecule has 0 radical (unpaired) electrons. The van der Waals surface area contributed by atoms with Gasteiger partial charge < -0.3 is 33.8 Å². The second-order valence-electron chi connectivity index (χ2n) is 25.2. The van der Waals surface area contributed by atoms with Gasteiger partial charge in [0.2, 0.25) is 0 Å². The zero-order chi connectivity index (χ0) is 73.2. The first kappa shape index (κ1) is 95.2. The molecule has 572 valence electrons. The molecule has 0 aliphatic carbocycles. The van der Waals surface area contributed by atoms with Crippen LogP contribution in [0.3, 0.4) is 0 Å². The Morgan fingerprint density at radius 1 is 0.290 bits per heavy atom. The third-order valence-corrected chi connectivity index (χ3v) is 17.5. The average molecular weight is 1440 g/mol. The molecule has 0 saturated carbocycles. The Kier molecular flexibility index (Phi) is 69.1. The van der Waals surface area contributed by atoms with Crippen LogP contribution in [0.15, 0.2) is 134 Å². The Morgan fingerprint density at radius 2 is 0.540 bits per heavy atom. The molecule has 100 heavy (non-hydrogen) atoms. The van der Waals surface area contributed by atoms with Crippen LogP contribution in [0, 0.1) is 0 Å². The van der Waals surface area contributed by atoms with E-state index in [1.165, 1.54) is 12.8 Å². The molecule has 0 aliphatic heterocycles. The third kappa shape index (κ3) is 71.6. The lowest BCUT2D eigenvalue weighted by Crippen LogP contribution is -2.30. The van der Waals surface area contributed by atoms with Gasteiger partial charge in [-0.3, -0.25) is 37.3 Å². The molecule has 0 aromatic rings. The summed E-state index contributed by atoms with van der Waals surface area (Å²) in [6.07, 6.45) is 80.2. The van der Waals surface area contributed by atoms with Crippen molar-refractivity contribution in [3.8, 4) is 0 Å². The van der Waals surface area contributed by atoms with Gasteiger partial charge in [0.15, 0.2) is 12.2 Å². The lowest BCUT2D eigenvalue weighted by Gasteiger charge is -2.21. The zero-order valence-electron chi connectivity index (χ0n) is 62.3. The summed E-state index contributed by atoms with van der Waals surface area (Å²) in [6.45, 7) is 4.46. The van der Waals surface area contributed by atoms with Crippen molar-refractivity contribution in [3.05, 3.63) is 134 Å². The maximum atomic E-state index is 13.1. The number of hydrogen-bond acceptors (Lipinski definition) is 15. The summed E-state index contributed by atoms with van der Waals surface area (Å²) in [5.74, 6) is -2.25. The fourth-order valence-electron chi connectivity index (χ4n) is 9.75. The molecule has 0 fully saturated rings. The average Bonchev–Trinajstić information content (AvgIpc) is 1.02. The van der Waals surface area contributed by atoms with Crippen LogP contribution in [0.4, 0.5) is 0 Å². The number of carbonyl (C=O) groups excluding carboxylic acids is 4. The number of aliphatic hydroxyl groups excluding tert-OH is 1. The second-order valence-corrected chi connectivity index (χ2v) is 28.1. The van der Waals surface area contributed by atoms with Gasteiger partial charge >= 0.3 is 39.5 Å². The van der Waals surface area contributed by atoms with Crippen LogP contribution in [-0.2, 0) is 65.4 Å². The molecule has 5 atom stereocenters. The SMILES string of the molecule is CC/C=C\C/C=C\C/C=C\C/C=C\C/C=C\CCCCCC(=O)OCC(COP(=O)(O)OCC(O)COP(=O)(O)OCC(COC(=O)CCCCCCCCC/C=C\C/C=C\C/C=C\CC)OC(=O)CCCCCCC/C=C\C/C=C\CCC)OC(=O)CCCCCCC/C=C\CCCC. The van der Waals surface area contributed by atoms with Crippen molar-refractivity contribution in [2.45, 2.75) is 316 Å². The van der Waals surface area contributed by atoms with Crippen molar-refractivity contribution in [2.75, 3.05) is 39.6 Å². The van der Waals surface area contributed by atoms with E-state index in [-0.39, 0.29) is 25.7 Å². The molecule has 5 unspecified atom stereocenters. The maximum Gasteiger partial charge on any atom is 0.472 e. The summed E-state index contributed by atoms with van der Waals surface area (Å²) < 4.78 is 68.4. The fourth-order valence-corrected chi connectivity index (χ4v) is 11.3. The van der Waals surface area contributed by atoms with E-state index in [4.69, 9.17) is 37.0 Å². The monoisotopic (exact) mass is 1440 g/mol. The Balaban J connectivity index is 5.35. The van der Waals surface area contributed by atoms with E-state index in [0.29, 0.717) is 25.7 Å². The van der Waals surface area contributed by atoms with Gasteiger partial charge in [-0.05, 0) is 148 Å². The van der Waals surface area contributed by atoms with Crippen LogP contribution in [0.5, 0.6) is 0 Å². The Morgan fingerprint density at radius 3 is 0.860 bits per heavy atom. The normalized spacial score (nSPS) is 14.7. The predicted molar refractivity (Wildman–Crippen MR) is 408 cm³/mol. The van der Waals surface area contributed by atoms with E-state index in [2.05, 4.69) is 161 Å². The van der Waals surface area contributed by atoms with Gasteiger partial charge in [0, 0.05) is 25.7 Å². The van der Waals surface area contributed by atoms with Gasteiger partial charge in [0.05, 0.1) is 26.4 Å². The van der Waals surface area contributed by atoms with E-state index in [1.54, 1.807) is 0 Å². The Bertz CT molecular complexity index is 2420. The number of allylic oxidation sites excluding steroid dienone is 22. The first-order valence-corrected chi connectivity index (χ1v) is 41.4. The number of phosphoric ester groups is 2. The van der Waals surface area contributed by atoms with Crippen molar-refractivity contribution in [2.24, 2.45) is 0 Å². The highest BCUT2D eigenvalue weighted by Crippen LogP contribution is 2.45. The number of rotatable bonds is 71. The zero-order valence-corrected chi connectivity index (χ0v) is 64.1. The quantitative estimate of drug-likeness (QED) is 0.0169. The highest BCUT2D eigenvalue weighted by Gasteiger charge is 2.30. The molecule has 0 bridgehead atoms. The van der Waals surface area contributed by atoms with Crippen LogP contribution in [0.1, 0.15) is 297 Å². The highest BCUT2D eigenvalue weighted by molar-refractivity contribution is 7.47. The third-order valence-electron chi connectivity index (χ3n) is 15.6. The van der Waals surface area contributed by atoms with E-state index in [9.17, 15) is 43.2 Å². The van der Waals surface area contributed by atoms with Gasteiger partial charge in [-0.1, -0.05) is 258 Å². The van der Waals surface area contributed by atoms with Gasteiger partial charge in [-0.25, -0.2) is 9.13 Å². The van der Waals surface area contributed by atoms with Crippen LogP contribution in [-0.4, -0.2) is 96.7 Å². The molecular weight excluding hydrogens is 1310 g/mol. The number of unbranched alkanes of at least 4 members (excludes halogenated alkanes) is 23. The number of ether oxygens (including phenoxy) is 4. The summed E-state index contributed by atoms with van der Waals surface area (Å²) in [5, 5.41) is 10.6. The summed E-state index contributed by atoms with van der Waals surface area (Å²) in [7, 11) is -9.97. The van der Waals surface area contributed by atoms with Crippen LogP contribution in [0.25, 0.3) is 0 Å². The van der Waals surface area contributed by atoms with Gasteiger partial charge in [-0.2, -0.15) is 0 Å². The van der Waals surface area contributed by atoms with Crippen molar-refractivity contribution < 1.29 is 80.2 Å². The summed E-state index contributed by atoms with van der Waals surface area (Å²) >= 11 is 0. The topological polar surface area (TPSA) is 237 Å². The first-order valence-electron chi connectivity index (χ1n) is 38.4. The van der Waals surface area contributed by atoms with Crippen molar-refractivity contribution >= 4 is 39.5 Å². The number of hydrogen-bond donors (Lipinski definition) is 3. The standard InChI is InChI=1S/C81H136O17P2/c1-5-9-13-17-21-25-29-32-34-36-37-39-41-44-47-50-54-58-62-66-78(83)91-71-76(97-80(85)67-63-59-55-51-45-28-24-20-16-12-8-4)73-95-99(87,88)93-69-75(82)70-94-100(89,90)96-74-77(98-81(86)68-64-60-56-52-48-42-31-27-23-19-15-11-7-3)72-92-79(84)65-61-57-53-49-46-43-40-38-35-33-30-26-22-18-14-10-6-2/h9-10,13-15,19-22,24-27,31-35,37,39,44,47,75-77,82H,5-8,11-12,16-18,23,28-30,36,38,40-43,45-46,48-74H2,1-4H3,(H,87,88)(H,89,90)/b13-9-,14-10-,19-15-,24-20-,25-21-,26-22-,31-27-,34-32-,35-33-,39-37-,47-44-. The molecular formula is C81H136O17P2. The molecule has 0 aromatic carbocycles. The van der Waals surface area contributed by atoms with Crippen LogP contribution >= 0.6 is 15.6 Å². The molecule has 0 spiro atoms. The molecule has 17 nitrogen and oxygen atoms in total. The van der Waals surface area contributed by atoms with Gasteiger partial charge in [0.1, 0.15) is 19.3 Å². The minimum Gasteiger partial charge on any atom is -0.462 e. The number of phosphoric acid groups is 2. The van der Waals surface area contributed by atoms with E-state index >= 15 is 0 Å². The summed E-state index contributed by atoms with van der Waals surface area (Å²) in [4.78, 5) is 72.8. The van der Waals surface area contributed by atoms with Crippen molar-refractivity contribution in [3.63, 3.8) is 0 Å². The van der Waals surface area contributed by atoms with Crippen LogP contribution in [0.2, 0.25) is 0 Å². The first-order chi connectivity index (χ1) is 48.7. The minimum atomic E-state index is -4.99. The second kappa shape index (κ2) is 72.5. The smallest absolute Gasteiger partial charge is 0.462 e. The maximum absolute atomic E-state index is 13.1. The fraction of sp³-hybridized carbons (Fsp3) is 0.679. The molecule has 0 saturated heterocycles. The molecule has 0 aromatic heterocycles. The van der Waals surface area contributed by atoms with E-state index in [1.807, 2.05) is 0 Å². The molecule has 19 heteroatoms. The number of esters is 4.